The molecule has 2 heterocycles. The second-order valence-electron chi connectivity index (χ2n) is 3.85. The Morgan fingerprint density at radius 2 is 2.13 bits per heavy atom. The molecule has 2 aliphatic rings. The van der Waals surface area contributed by atoms with E-state index < -0.39 is 0 Å². The van der Waals surface area contributed by atoms with Crippen molar-refractivity contribution in [2.75, 3.05) is 25.6 Å². The summed E-state index contributed by atoms with van der Waals surface area (Å²) in [5.74, 6) is 3.77. The molecule has 4 heteroatoms. The highest BCUT2D eigenvalue weighted by molar-refractivity contribution is 7.99. The van der Waals surface area contributed by atoms with Crippen molar-refractivity contribution < 1.29 is 9.47 Å². The normalized spacial score (nSPS) is 18.9. The molecule has 0 aromatic heterocycles. The van der Waals surface area contributed by atoms with Crippen LogP contribution in [0.1, 0.15) is 0 Å². The smallest absolute Gasteiger partial charge is 0.231 e. The van der Waals surface area contributed by atoms with E-state index >= 15 is 0 Å². The van der Waals surface area contributed by atoms with Crippen LogP contribution in [0.5, 0.6) is 11.5 Å². The van der Waals surface area contributed by atoms with Crippen molar-refractivity contribution in [2.24, 2.45) is 5.92 Å². The van der Waals surface area contributed by atoms with Crippen LogP contribution in [0.3, 0.4) is 0 Å². The molecule has 0 unspecified atom stereocenters. The lowest BCUT2D eigenvalue weighted by atomic mass is 10.1. The zero-order chi connectivity index (χ0) is 10.1. The topological polar surface area (TPSA) is 30.5 Å². The molecule has 3 rings (SSSR count). The number of ether oxygens (including phenoxy) is 2. The third kappa shape index (κ3) is 1.92. The SMILES string of the molecule is c1cc2c(cc1SCC1CNC1)OCO2. The Labute approximate surface area is 93.1 Å². The monoisotopic (exact) mass is 223 g/mol. The number of hydrogen-bond acceptors (Lipinski definition) is 4. The molecular weight excluding hydrogens is 210 g/mol. The molecule has 0 amide bonds. The van der Waals surface area contributed by atoms with Crippen molar-refractivity contribution in [1.29, 1.82) is 0 Å². The second-order valence-corrected chi connectivity index (χ2v) is 4.94. The lowest BCUT2D eigenvalue weighted by Gasteiger charge is -2.26. The van der Waals surface area contributed by atoms with Gasteiger partial charge in [-0.3, -0.25) is 0 Å². The number of fused-ring (bicyclic) bond motifs is 1. The first-order valence-electron chi connectivity index (χ1n) is 5.15. The molecule has 15 heavy (non-hydrogen) atoms. The van der Waals surface area contributed by atoms with Gasteiger partial charge in [-0.1, -0.05) is 0 Å². The van der Waals surface area contributed by atoms with Gasteiger partial charge in [0.05, 0.1) is 0 Å². The van der Waals surface area contributed by atoms with Gasteiger partial charge in [-0.05, 0) is 37.2 Å². The summed E-state index contributed by atoms with van der Waals surface area (Å²) < 4.78 is 10.6. The Morgan fingerprint density at radius 3 is 2.93 bits per heavy atom. The molecule has 3 nitrogen and oxygen atoms in total. The molecule has 1 saturated heterocycles. The van der Waals surface area contributed by atoms with Crippen molar-refractivity contribution in [3.63, 3.8) is 0 Å². The summed E-state index contributed by atoms with van der Waals surface area (Å²) in [6, 6.07) is 6.16. The van der Waals surface area contributed by atoms with Crippen molar-refractivity contribution in [3.05, 3.63) is 18.2 Å². The van der Waals surface area contributed by atoms with Gasteiger partial charge in [0.1, 0.15) is 0 Å². The maximum absolute atomic E-state index is 5.34. The summed E-state index contributed by atoms with van der Waals surface area (Å²) in [4.78, 5) is 1.27. The van der Waals surface area contributed by atoms with Gasteiger partial charge in [-0.15, -0.1) is 11.8 Å². The number of benzene rings is 1. The molecule has 0 saturated carbocycles. The fourth-order valence-corrected chi connectivity index (χ4v) is 2.67. The zero-order valence-electron chi connectivity index (χ0n) is 8.36. The van der Waals surface area contributed by atoms with Crippen LogP contribution in [-0.2, 0) is 0 Å². The highest BCUT2D eigenvalue weighted by Crippen LogP contribution is 2.36. The maximum Gasteiger partial charge on any atom is 0.231 e. The van der Waals surface area contributed by atoms with E-state index in [1.807, 2.05) is 17.8 Å². The fraction of sp³-hybridized carbons (Fsp3) is 0.455. The van der Waals surface area contributed by atoms with Crippen molar-refractivity contribution >= 4 is 11.8 Å². The molecule has 0 aliphatic carbocycles. The van der Waals surface area contributed by atoms with Crippen molar-refractivity contribution in [2.45, 2.75) is 4.90 Å². The highest BCUT2D eigenvalue weighted by atomic mass is 32.2. The Bertz CT molecular complexity index is 366. The first kappa shape index (κ1) is 9.36. The number of rotatable bonds is 3. The molecule has 0 atom stereocenters. The van der Waals surface area contributed by atoms with Crippen LogP contribution in [0.4, 0.5) is 0 Å². The lowest BCUT2D eigenvalue weighted by molar-refractivity contribution is 0.174. The summed E-state index contributed by atoms with van der Waals surface area (Å²) in [6.45, 7) is 2.69. The van der Waals surface area contributed by atoms with Gasteiger partial charge >= 0.3 is 0 Å². The van der Waals surface area contributed by atoms with Gasteiger partial charge in [0, 0.05) is 10.6 Å². The van der Waals surface area contributed by atoms with Crippen LogP contribution < -0.4 is 14.8 Å². The largest absolute Gasteiger partial charge is 0.454 e. The molecule has 80 valence electrons. The first-order valence-corrected chi connectivity index (χ1v) is 6.13. The Morgan fingerprint density at radius 1 is 1.27 bits per heavy atom. The van der Waals surface area contributed by atoms with E-state index in [1.54, 1.807) is 0 Å². The van der Waals surface area contributed by atoms with Crippen LogP contribution >= 0.6 is 11.8 Å². The summed E-state index contributed by atoms with van der Waals surface area (Å²) in [6.07, 6.45) is 0. The third-order valence-corrected chi connectivity index (χ3v) is 3.92. The quantitative estimate of drug-likeness (QED) is 0.790. The third-order valence-electron chi connectivity index (χ3n) is 2.70. The Hall–Kier alpha value is -0.870. The molecule has 1 aromatic carbocycles. The minimum atomic E-state index is 0.357. The van der Waals surface area contributed by atoms with Gasteiger partial charge in [0.25, 0.3) is 0 Å². The van der Waals surface area contributed by atoms with Gasteiger partial charge in [0.15, 0.2) is 11.5 Å². The molecule has 1 N–H and O–H groups in total. The van der Waals surface area contributed by atoms with E-state index in [9.17, 15) is 0 Å². The molecule has 1 fully saturated rings. The zero-order valence-corrected chi connectivity index (χ0v) is 9.18. The van der Waals surface area contributed by atoms with Crippen LogP contribution in [0.25, 0.3) is 0 Å². The van der Waals surface area contributed by atoms with E-state index in [-0.39, 0.29) is 0 Å². The van der Waals surface area contributed by atoms with Gasteiger partial charge in [-0.2, -0.15) is 0 Å². The number of thioether (sulfide) groups is 1. The number of nitrogens with one attached hydrogen (secondary N) is 1. The number of hydrogen-bond donors (Lipinski definition) is 1. The minimum absolute atomic E-state index is 0.357. The summed E-state index contributed by atoms with van der Waals surface area (Å²) >= 11 is 1.89. The van der Waals surface area contributed by atoms with E-state index in [0.717, 1.165) is 30.5 Å². The van der Waals surface area contributed by atoms with E-state index in [1.165, 1.54) is 10.6 Å². The standard InChI is InChI=1S/C11H13NO2S/c1-2-10-11(14-7-13-10)3-9(1)15-6-8-4-12-5-8/h1-3,8,12H,4-7H2. The van der Waals surface area contributed by atoms with E-state index in [4.69, 9.17) is 9.47 Å². The maximum atomic E-state index is 5.34. The van der Waals surface area contributed by atoms with Crippen molar-refractivity contribution in [1.82, 2.24) is 5.32 Å². The first-order chi connectivity index (χ1) is 7.42. The fourth-order valence-electron chi connectivity index (χ4n) is 1.65. The molecule has 0 radical (unpaired) electrons. The average Bonchev–Trinajstić information content (AvgIpc) is 2.62. The molecule has 0 bridgehead atoms. The summed E-state index contributed by atoms with van der Waals surface area (Å²) in [7, 11) is 0. The van der Waals surface area contributed by atoms with Gasteiger partial charge in [-0.25, -0.2) is 0 Å². The van der Waals surface area contributed by atoms with Crippen LogP contribution in [0.2, 0.25) is 0 Å². The highest BCUT2D eigenvalue weighted by Gasteiger charge is 2.18. The van der Waals surface area contributed by atoms with Crippen LogP contribution in [0, 0.1) is 5.92 Å². The molecule has 2 aliphatic heterocycles. The van der Waals surface area contributed by atoms with E-state index in [2.05, 4.69) is 17.4 Å². The van der Waals surface area contributed by atoms with Gasteiger partial charge < -0.3 is 14.8 Å². The van der Waals surface area contributed by atoms with Crippen LogP contribution in [0.15, 0.2) is 23.1 Å². The summed E-state index contributed by atoms with van der Waals surface area (Å²) in [5, 5.41) is 3.28. The van der Waals surface area contributed by atoms with Gasteiger partial charge in [0.2, 0.25) is 6.79 Å². The van der Waals surface area contributed by atoms with Crippen molar-refractivity contribution in [3.8, 4) is 11.5 Å². The predicted molar refractivity (Wildman–Crippen MR) is 59.6 cm³/mol. The molecule has 1 aromatic rings. The summed E-state index contributed by atoms with van der Waals surface area (Å²) in [5.41, 5.74) is 0. The van der Waals surface area contributed by atoms with Crippen LogP contribution in [-0.4, -0.2) is 25.6 Å². The molecular formula is C11H13NO2S. The molecule has 0 spiro atoms. The predicted octanol–water partition coefficient (Wildman–Crippen LogP) is 1.73. The lowest BCUT2D eigenvalue weighted by Crippen LogP contribution is -2.43. The Kier molecular flexibility index (Phi) is 2.46. The second kappa shape index (κ2) is 3.94. The van der Waals surface area contributed by atoms with E-state index in [0.29, 0.717) is 6.79 Å². The average molecular weight is 223 g/mol. The Balaban J connectivity index is 1.64. The minimum Gasteiger partial charge on any atom is -0.454 e.